The van der Waals surface area contributed by atoms with Crippen molar-refractivity contribution in [2.24, 2.45) is 0 Å². The third-order valence-electron chi connectivity index (χ3n) is 2.32. The Morgan fingerprint density at radius 2 is 2.28 bits per heavy atom. The highest BCUT2D eigenvalue weighted by atomic mass is 32.2. The van der Waals surface area contributed by atoms with Crippen molar-refractivity contribution < 1.29 is 9.90 Å². The molecule has 1 aromatic heterocycles. The molecule has 0 bridgehead atoms. The Morgan fingerprint density at radius 3 is 2.89 bits per heavy atom. The van der Waals surface area contributed by atoms with Gasteiger partial charge in [0, 0.05) is 15.5 Å². The number of hydrogen-bond donors (Lipinski definition) is 2. The number of carboxylic acid groups (broad SMARTS) is 1. The van der Waals surface area contributed by atoms with Crippen molar-refractivity contribution in [2.45, 2.75) is 11.8 Å². The Labute approximate surface area is 113 Å². The van der Waals surface area contributed by atoms with Gasteiger partial charge in [-0.2, -0.15) is 0 Å². The number of thiazole rings is 1. The molecule has 6 heteroatoms. The van der Waals surface area contributed by atoms with Gasteiger partial charge in [-0.3, -0.25) is 0 Å². The molecule has 2 N–H and O–H groups in total. The Morgan fingerprint density at radius 1 is 1.50 bits per heavy atom. The van der Waals surface area contributed by atoms with Gasteiger partial charge in [-0.05, 0) is 31.4 Å². The van der Waals surface area contributed by atoms with E-state index in [1.807, 2.05) is 30.5 Å². The quantitative estimate of drug-likeness (QED) is 0.838. The molecule has 18 heavy (non-hydrogen) atoms. The molecule has 1 aromatic carbocycles. The van der Waals surface area contributed by atoms with E-state index in [2.05, 4.69) is 10.3 Å². The molecule has 0 saturated carbocycles. The van der Waals surface area contributed by atoms with Crippen LogP contribution in [0.2, 0.25) is 0 Å². The number of anilines is 2. The minimum atomic E-state index is -0.991. The first kappa shape index (κ1) is 12.9. The first-order chi connectivity index (χ1) is 8.60. The van der Waals surface area contributed by atoms with Crippen molar-refractivity contribution in [1.82, 2.24) is 4.98 Å². The molecule has 0 aliphatic rings. The highest BCUT2D eigenvalue weighted by Gasteiger charge is 2.13. The fraction of sp³-hybridized carbons (Fsp3) is 0.167. The monoisotopic (exact) mass is 280 g/mol. The van der Waals surface area contributed by atoms with Crippen molar-refractivity contribution in [3.63, 3.8) is 0 Å². The van der Waals surface area contributed by atoms with E-state index in [4.69, 9.17) is 5.11 Å². The lowest BCUT2D eigenvalue weighted by molar-refractivity contribution is 0.0690. The standard InChI is InChI=1S/C12H12N2O2S2/c1-7-10(11(15)16)14-12(18-7)13-8-4-3-5-9(6-8)17-2/h3-6H,1-2H3,(H,13,14)(H,15,16). The van der Waals surface area contributed by atoms with Crippen LogP contribution < -0.4 is 5.32 Å². The average Bonchev–Trinajstić information content (AvgIpc) is 2.70. The molecule has 0 radical (unpaired) electrons. The molecular formula is C12H12N2O2S2. The minimum Gasteiger partial charge on any atom is -0.476 e. The topological polar surface area (TPSA) is 62.2 Å². The summed E-state index contributed by atoms with van der Waals surface area (Å²) >= 11 is 3.00. The number of nitrogens with zero attached hydrogens (tertiary/aromatic N) is 1. The number of hydrogen-bond acceptors (Lipinski definition) is 5. The van der Waals surface area contributed by atoms with E-state index in [-0.39, 0.29) is 5.69 Å². The predicted octanol–water partition coefficient (Wildman–Crippen LogP) is 3.62. The fourth-order valence-corrected chi connectivity index (χ4v) is 2.76. The second kappa shape index (κ2) is 5.41. The third-order valence-corrected chi connectivity index (χ3v) is 3.93. The number of aromatic nitrogens is 1. The summed E-state index contributed by atoms with van der Waals surface area (Å²) in [5.74, 6) is -0.991. The minimum absolute atomic E-state index is 0.114. The molecule has 0 saturated heterocycles. The van der Waals surface area contributed by atoms with Gasteiger partial charge in [-0.25, -0.2) is 9.78 Å². The molecular weight excluding hydrogens is 268 g/mol. The molecule has 0 spiro atoms. The Bertz CT molecular complexity index is 581. The van der Waals surface area contributed by atoms with Gasteiger partial charge in [0.25, 0.3) is 0 Å². The zero-order valence-electron chi connectivity index (χ0n) is 9.93. The number of carboxylic acids is 1. The van der Waals surface area contributed by atoms with E-state index in [0.717, 1.165) is 10.6 Å². The van der Waals surface area contributed by atoms with Crippen LogP contribution in [-0.2, 0) is 0 Å². The van der Waals surface area contributed by atoms with E-state index < -0.39 is 5.97 Å². The summed E-state index contributed by atoms with van der Waals surface area (Å²) in [6.07, 6.45) is 2.01. The molecule has 0 aliphatic carbocycles. The van der Waals surface area contributed by atoms with Gasteiger partial charge in [0.15, 0.2) is 10.8 Å². The van der Waals surface area contributed by atoms with Crippen molar-refractivity contribution in [1.29, 1.82) is 0 Å². The summed E-state index contributed by atoms with van der Waals surface area (Å²) in [7, 11) is 0. The van der Waals surface area contributed by atoms with Gasteiger partial charge in [0.1, 0.15) is 0 Å². The number of aromatic carboxylic acids is 1. The summed E-state index contributed by atoms with van der Waals surface area (Å²) in [5, 5.41) is 12.7. The molecule has 0 fully saturated rings. The number of carbonyl (C=O) groups is 1. The van der Waals surface area contributed by atoms with E-state index in [0.29, 0.717) is 10.0 Å². The lowest BCUT2D eigenvalue weighted by Crippen LogP contribution is -1.99. The maximum Gasteiger partial charge on any atom is 0.355 e. The van der Waals surface area contributed by atoms with E-state index in [1.54, 1.807) is 18.7 Å². The lowest BCUT2D eigenvalue weighted by atomic mass is 10.3. The van der Waals surface area contributed by atoms with Crippen LogP contribution >= 0.6 is 23.1 Å². The molecule has 4 nitrogen and oxygen atoms in total. The van der Waals surface area contributed by atoms with Gasteiger partial charge in [-0.15, -0.1) is 23.1 Å². The molecule has 0 amide bonds. The Balaban J connectivity index is 2.23. The van der Waals surface area contributed by atoms with E-state index >= 15 is 0 Å². The number of rotatable bonds is 4. The molecule has 0 unspecified atom stereocenters. The van der Waals surface area contributed by atoms with E-state index in [1.165, 1.54) is 11.3 Å². The van der Waals surface area contributed by atoms with Crippen LogP contribution in [0.1, 0.15) is 15.4 Å². The maximum absolute atomic E-state index is 10.9. The summed E-state index contributed by atoms with van der Waals surface area (Å²) in [6, 6.07) is 7.90. The molecule has 0 aliphatic heterocycles. The lowest BCUT2D eigenvalue weighted by Gasteiger charge is -2.03. The predicted molar refractivity (Wildman–Crippen MR) is 75.3 cm³/mol. The number of nitrogens with one attached hydrogen (secondary N) is 1. The molecule has 1 heterocycles. The van der Waals surface area contributed by atoms with Gasteiger partial charge in [0.05, 0.1) is 0 Å². The summed E-state index contributed by atoms with van der Waals surface area (Å²) in [6.45, 7) is 1.75. The van der Waals surface area contributed by atoms with Crippen LogP contribution in [0.4, 0.5) is 10.8 Å². The third kappa shape index (κ3) is 2.83. The Hall–Kier alpha value is -1.53. The zero-order valence-corrected chi connectivity index (χ0v) is 11.6. The summed E-state index contributed by atoms with van der Waals surface area (Å²) < 4.78 is 0. The molecule has 94 valence electrons. The SMILES string of the molecule is CSc1cccc(Nc2nc(C(=O)O)c(C)s2)c1. The highest BCUT2D eigenvalue weighted by Crippen LogP contribution is 2.27. The average molecular weight is 280 g/mol. The van der Waals surface area contributed by atoms with Gasteiger partial charge >= 0.3 is 5.97 Å². The van der Waals surface area contributed by atoms with Crippen LogP contribution in [0.3, 0.4) is 0 Å². The molecule has 2 aromatic rings. The van der Waals surface area contributed by atoms with Crippen molar-refractivity contribution >= 4 is 39.9 Å². The van der Waals surface area contributed by atoms with Crippen LogP contribution in [0, 0.1) is 6.92 Å². The first-order valence-electron chi connectivity index (χ1n) is 5.22. The summed E-state index contributed by atoms with van der Waals surface area (Å²) in [5.41, 5.74) is 1.02. The largest absolute Gasteiger partial charge is 0.476 e. The van der Waals surface area contributed by atoms with E-state index in [9.17, 15) is 4.79 Å². The van der Waals surface area contributed by atoms with Crippen LogP contribution in [0.5, 0.6) is 0 Å². The van der Waals surface area contributed by atoms with Gasteiger partial charge in [-0.1, -0.05) is 6.07 Å². The summed E-state index contributed by atoms with van der Waals surface area (Å²) in [4.78, 5) is 16.8. The van der Waals surface area contributed by atoms with Crippen molar-refractivity contribution in [3.05, 3.63) is 34.8 Å². The van der Waals surface area contributed by atoms with Crippen molar-refractivity contribution in [3.8, 4) is 0 Å². The first-order valence-corrected chi connectivity index (χ1v) is 7.26. The fourth-order valence-electron chi connectivity index (χ4n) is 1.47. The maximum atomic E-state index is 10.9. The second-order valence-corrected chi connectivity index (χ2v) is 5.67. The zero-order chi connectivity index (χ0) is 13.1. The van der Waals surface area contributed by atoms with Crippen LogP contribution in [0.15, 0.2) is 29.2 Å². The number of thioether (sulfide) groups is 1. The van der Waals surface area contributed by atoms with Gasteiger partial charge in [0.2, 0.25) is 0 Å². The molecule has 2 rings (SSSR count). The highest BCUT2D eigenvalue weighted by molar-refractivity contribution is 7.98. The number of benzene rings is 1. The van der Waals surface area contributed by atoms with Crippen LogP contribution in [-0.4, -0.2) is 22.3 Å². The van der Waals surface area contributed by atoms with Gasteiger partial charge < -0.3 is 10.4 Å². The molecule has 0 atom stereocenters. The normalized spacial score (nSPS) is 10.3. The smallest absolute Gasteiger partial charge is 0.355 e. The second-order valence-electron chi connectivity index (χ2n) is 3.59. The van der Waals surface area contributed by atoms with Crippen molar-refractivity contribution in [2.75, 3.05) is 11.6 Å². The number of aryl methyl sites for hydroxylation is 1. The Kier molecular flexibility index (Phi) is 3.88. The van der Waals surface area contributed by atoms with Crippen LogP contribution in [0.25, 0.3) is 0 Å².